The molecule has 3 N–H and O–H groups in total. The molecule has 0 bridgehead atoms. The summed E-state index contributed by atoms with van der Waals surface area (Å²) >= 11 is 0. The average Bonchev–Trinajstić information content (AvgIpc) is 3.46. The van der Waals surface area contributed by atoms with Crippen LogP contribution in [-0.2, 0) is 10.1 Å². The number of carbonyl (C=O) groups excluding carboxylic acids is 1. The molecule has 0 saturated carbocycles. The first kappa shape index (κ1) is 30.7. The van der Waals surface area contributed by atoms with Crippen molar-refractivity contribution >= 4 is 32.6 Å². The Bertz CT molecular complexity index is 2160. The van der Waals surface area contributed by atoms with Gasteiger partial charge in [-0.05, 0) is 72.3 Å². The molecule has 3 aromatic heterocycles. The Kier molecular flexibility index (Phi) is 8.74. The Morgan fingerprint density at radius 1 is 0.956 bits per heavy atom. The lowest BCUT2D eigenvalue weighted by Crippen LogP contribution is -2.29. The summed E-state index contributed by atoms with van der Waals surface area (Å²) in [5.41, 5.74) is 1.75. The Balaban J connectivity index is 0.000000743. The van der Waals surface area contributed by atoms with E-state index in [1.54, 1.807) is 24.7 Å². The number of benzene rings is 3. The standard InChI is InChI=1S/C29H18F2N6O3.CH4O3S/c30-19-1-4-21(5-2-19)37-29(39)22(9-12-34-37)28(38)35-20-3-6-26(24(31)14-20)40-27-13-18-16-33-36-25(18)15-23(27)17-7-10-32-11-8-17;1-5(2,3)4/h1-16H,(H,33,36)(H,35,38);1H3,(H,2,3,4). The summed E-state index contributed by atoms with van der Waals surface area (Å²) in [6.45, 7) is 0. The molecule has 3 aromatic carbocycles. The molecule has 0 atom stereocenters. The van der Waals surface area contributed by atoms with Crippen molar-refractivity contribution in [3.63, 3.8) is 0 Å². The molecule has 0 unspecified atom stereocenters. The highest BCUT2D eigenvalue weighted by atomic mass is 32.2. The SMILES string of the molecule is CS(=O)(=O)O.O=C(Nc1ccc(Oc2cc3cn[nH]c3cc2-c2ccncc2)c(F)c1)c1ccnn(-c2ccc(F)cc2)c1=O. The second-order valence-electron chi connectivity index (χ2n) is 9.41. The number of hydrogen-bond donors (Lipinski definition) is 3. The number of rotatable bonds is 6. The van der Waals surface area contributed by atoms with Crippen molar-refractivity contribution in [2.24, 2.45) is 0 Å². The lowest BCUT2D eigenvalue weighted by atomic mass is 10.0. The van der Waals surface area contributed by atoms with Crippen LogP contribution in [0.4, 0.5) is 14.5 Å². The number of nitrogens with zero attached hydrogens (tertiary/aromatic N) is 4. The molecular formula is C30H22F2N6O6S. The van der Waals surface area contributed by atoms with Gasteiger partial charge in [0.1, 0.15) is 17.1 Å². The quantitative estimate of drug-likeness (QED) is 0.214. The fourth-order valence-corrected chi connectivity index (χ4v) is 4.14. The number of anilines is 1. The molecule has 3 heterocycles. The van der Waals surface area contributed by atoms with Crippen molar-refractivity contribution in [2.45, 2.75) is 0 Å². The molecular weight excluding hydrogens is 610 g/mol. The molecule has 228 valence electrons. The lowest BCUT2D eigenvalue weighted by molar-refractivity contribution is 0.102. The third kappa shape index (κ3) is 7.59. The van der Waals surface area contributed by atoms with Crippen LogP contribution in [-0.4, -0.2) is 50.1 Å². The maximum Gasteiger partial charge on any atom is 0.284 e. The van der Waals surface area contributed by atoms with Gasteiger partial charge in [0.2, 0.25) is 0 Å². The van der Waals surface area contributed by atoms with Gasteiger partial charge in [-0.3, -0.25) is 24.2 Å². The van der Waals surface area contributed by atoms with E-state index in [-0.39, 0.29) is 22.7 Å². The lowest BCUT2D eigenvalue weighted by Gasteiger charge is -2.13. The van der Waals surface area contributed by atoms with E-state index in [0.717, 1.165) is 27.2 Å². The van der Waals surface area contributed by atoms with Crippen LogP contribution in [0.1, 0.15) is 10.4 Å². The minimum Gasteiger partial charge on any atom is -0.454 e. The number of H-pyrrole nitrogens is 1. The van der Waals surface area contributed by atoms with Crippen molar-refractivity contribution in [1.29, 1.82) is 0 Å². The number of hydrogen-bond acceptors (Lipinski definition) is 8. The Morgan fingerprint density at radius 3 is 2.36 bits per heavy atom. The summed E-state index contributed by atoms with van der Waals surface area (Å²) in [5, 5.41) is 14.2. The van der Waals surface area contributed by atoms with Gasteiger partial charge in [0, 0.05) is 41.3 Å². The van der Waals surface area contributed by atoms with E-state index in [1.807, 2.05) is 18.2 Å². The fraction of sp³-hybridized carbons (Fsp3) is 0.0333. The summed E-state index contributed by atoms with van der Waals surface area (Å²) in [5.74, 6) is -1.64. The third-order valence-electron chi connectivity index (χ3n) is 6.10. The van der Waals surface area contributed by atoms with E-state index in [1.165, 1.54) is 48.7 Å². The van der Waals surface area contributed by atoms with Crippen LogP contribution in [0.3, 0.4) is 0 Å². The van der Waals surface area contributed by atoms with Crippen molar-refractivity contribution in [1.82, 2.24) is 25.0 Å². The highest BCUT2D eigenvalue weighted by Gasteiger charge is 2.17. The number of aromatic amines is 1. The van der Waals surface area contributed by atoms with E-state index in [0.29, 0.717) is 17.6 Å². The van der Waals surface area contributed by atoms with Gasteiger partial charge in [0.05, 0.1) is 23.7 Å². The van der Waals surface area contributed by atoms with Crippen LogP contribution in [0.5, 0.6) is 11.5 Å². The average molecular weight is 633 g/mol. The molecule has 6 rings (SSSR count). The second kappa shape index (κ2) is 12.8. The van der Waals surface area contributed by atoms with Gasteiger partial charge in [-0.25, -0.2) is 8.78 Å². The van der Waals surface area contributed by atoms with E-state index in [2.05, 4.69) is 25.6 Å². The molecule has 0 aliphatic rings. The van der Waals surface area contributed by atoms with Crippen molar-refractivity contribution < 1.29 is 31.3 Å². The van der Waals surface area contributed by atoms with Gasteiger partial charge in [-0.1, -0.05) is 0 Å². The normalized spacial score (nSPS) is 11.0. The molecule has 0 radical (unpaired) electrons. The number of ether oxygens (including phenoxy) is 1. The van der Waals surface area contributed by atoms with E-state index in [4.69, 9.17) is 9.29 Å². The van der Waals surface area contributed by atoms with Gasteiger partial charge < -0.3 is 10.1 Å². The zero-order chi connectivity index (χ0) is 32.1. The molecule has 0 saturated heterocycles. The fourth-order valence-electron chi connectivity index (χ4n) is 4.14. The smallest absolute Gasteiger partial charge is 0.284 e. The van der Waals surface area contributed by atoms with Crippen LogP contribution >= 0.6 is 0 Å². The summed E-state index contributed by atoms with van der Waals surface area (Å²) in [6.07, 6.45) is 6.91. The first-order chi connectivity index (χ1) is 21.5. The largest absolute Gasteiger partial charge is 0.454 e. The van der Waals surface area contributed by atoms with Gasteiger partial charge in [0.25, 0.3) is 21.6 Å². The molecule has 1 amide bonds. The van der Waals surface area contributed by atoms with Gasteiger partial charge in [-0.2, -0.15) is 23.3 Å². The number of carbonyl (C=O) groups is 1. The Labute approximate surface area is 253 Å². The first-order valence-corrected chi connectivity index (χ1v) is 14.7. The van der Waals surface area contributed by atoms with Crippen LogP contribution < -0.4 is 15.6 Å². The zero-order valence-electron chi connectivity index (χ0n) is 23.2. The molecule has 15 heteroatoms. The molecule has 12 nitrogen and oxygen atoms in total. The summed E-state index contributed by atoms with van der Waals surface area (Å²) < 4.78 is 61.2. The molecule has 6 aromatic rings. The molecule has 0 spiro atoms. The highest BCUT2D eigenvalue weighted by Crippen LogP contribution is 2.37. The van der Waals surface area contributed by atoms with Crippen LogP contribution in [0.2, 0.25) is 0 Å². The van der Waals surface area contributed by atoms with Gasteiger partial charge in [-0.15, -0.1) is 0 Å². The number of fused-ring (bicyclic) bond motifs is 1. The monoisotopic (exact) mass is 632 g/mol. The van der Waals surface area contributed by atoms with E-state index in [9.17, 15) is 22.4 Å². The first-order valence-electron chi connectivity index (χ1n) is 12.9. The predicted octanol–water partition coefficient (Wildman–Crippen LogP) is 5.00. The maximum atomic E-state index is 15.2. The predicted molar refractivity (Wildman–Crippen MR) is 161 cm³/mol. The van der Waals surface area contributed by atoms with Crippen molar-refractivity contribution in [3.8, 4) is 28.3 Å². The number of aromatic nitrogens is 5. The van der Waals surface area contributed by atoms with E-state index < -0.39 is 33.2 Å². The maximum absolute atomic E-state index is 15.2. The summed E-state index contributed by atoms with van der Waals surface area (Å²) in [7, 11) is -3.67. The zero-order valence-corrected chi connectivity index (χ0v) is 24.0. The second-order valence-corrected chi connectivity index (χ2v) is 10.9. The topological polar surface area (TPSA) is 169 Å². The minimum absolute atomic E-state index is 0.0706. The van der Waals surface area contributed by atoms with Gasteiger partial charge in [0.15, 0.2) is 11.6 Å². The summed E-state index contributed by atoms with van der Waals surface area (Å²) in [6, 6.07) is 17.5. The van der Waals surface area contributed by atoms with Crippen molar-refractivity contribution in [2.75, 3.05) is 11.6 Å². The highest BCUT2D eigenvalue weighted by molar-refractivity contribution is 7.85. The van der Waals surface area contributed by atoms with Crippen LogP contribution in [0.15, 0.2) is 102 Å². The number of nitrogens with one attached hydrogen (secondary N) is 2. The van der Waals surface area contributed by atoms with Crippen LogP contribution in [0, 0.1) is 11.6 Å². The molecule has 0 aliphatic heterocycles. The molecule has 0 aliphatic carbocycles. The third-order valence-corrected chi connectivity index (χ3v) is 6.10. The Morgan fingerprint density at radius 2 is 1.67 bits per heavy atom. The molecule has 45 heavy (non-hydrogen) atoms. The molecule has 0 fully saturated rings. The van der Waals surface area contributed by atoms with Crippen molar-refractivity contribution in [3.05, 3.63) is 125 Å². The number of amides is 1. The summed E-state index contributed by atoms with van der Waals surface area (Å²) in [4.78, 5) is 29.8. The number of halogens is 2. The minimum atomic E-state index is -3.67. The van der Waals surface area contributed by atoms with Crippen LogP contribution in [0.25, 0.3) is 27.7 Å². The van der Waals surface area contributed by atoms with E-state index >= 15 is 4.39 Å². The van der Waals surface area contributed by atoms with Gasteiger partial charge >= 0.3 is 0 Å². The Hall–Kier alpha value is -5.80. The number of pyridine rings is 1.